The largest absolute Gasteiger partial charge is 0.227 e. The molecule has 0 unspecified atom stereocenters. The summed E-state index contributed by atoms with van der Waals surface area (Å²) in [5, 5.41) is 10.2. The van der Waals surface area contributed by atoms with Crippen molar-refractivity contribution in [3.8, 4) is 39.7 Å². The Morgan fingerprint density at radius 3 is 1.98 bits per heavy atom. The van der Waals surface area contributed by atoms with Crippen molar-refractivity contribution in [2.75, 3.05) is 0 Å². The van der Waals surface area contributed by atoms with E-state index in [1.54, 1.807) is 0 Å². The highest BCUT2D eigenvalue weighted by Gasteiger charge is 2.21. The van der Waals surface area contributed by atoms with Crippen molar-refractivity contribution in [1.29, 1.82) is 5.26 Å². The molecule has 0 aliphatic heterocycles. The summed E-state index contributed by atoms with van der Waals surface area (Å²) in [6, 6.07) is 37.5. The Balaban J connectivity index is 1.46. The van der Waals surface area contributed by atoms with Crippen LogP contribution < -0.4 is 0 Å². The molecule has 0 amide bonds. The first-order valence-electron chi connectivity index (χ1n) is 13.7. The molecule has 0 bridgehead atoms. The van der Waals surface area contributed by atoms with E-state index in [2.05, 4.69) is 74.5 Å². The van der Waals surface area contributed by atoms with E-state index in [1.165, 1.54) is 33.4 Å². The normalized spacial score (nSPS) is 12.5. The van der Waals surface area contributed by atoms with Crippen LogP contribution in [-0.2, 0) is 6.42 Å². The predicted octanol–water partition coefficient (Wildman–Crippen LogP) is 9.15. The number of benzene rings is 4. The number of hydrogen-bond acceptors (Lipinski definition) is 3. The van der Waals surface area contributed by atoms with Crippen molar-refractivity contribution in [3.05, 3.63) is 143 Å². The minimum atomic E-state index is 0.489. The van der Waals surface area contributed by atoms with Crippen LogP contribution in [0.3, 0.4) is 0 Å². The van der Waals surface area contributed by atoms with Gasteiger partial charge in [0.15, 0.2) is 5.82 Å². The van der Waals surface area contributed by atoms with Gasteiger partial charge in [0.2, 0.25) is 0 Å². The maximum atomic E-state index is 10.2. The molecule has 1 aliphatic rings. The van der Waals surface area contributed by atoms with Crippen LogP contribution in [0.15, 0.2) is 115 Å². The van der Waals surface area contributed by atoms with Gasteiger partial charge in [-0.05, 0) is 58.7 Å². The molecule has 1 aromatic heterocycles. The van der Waals surface area contributed by atoms with E-state index >= 15 is 0 Å². The second-order valence-corrected chi connectivity index (χ2v) is 10.0. The molecule has 1 heterocycles. The Labute approximate surface area is 235 Å². The number of nitriles is 1. The van der Waals surface area contributed by atoms with E-state index in [4.69, 9.17) is 9.97 Å². The molecule has 0 spiro atoms. The van der Waals surface area contributed by atoms with Gasteiger partial charge in [-0.25, -0.2) is 9.97 Å². The van der Waals surface area contributed by atoms with E-state index in [-0.39, 0.29) is 0 Å². The summed E-state index contributed by atoms with van der Waals surface area (Å²) < 4.78 is 0. The van der Waals surface area contributed by atoms with Crippen molar-refractivity contribution in [3.63, 3.8) is 0 Å². The maximum Gasteiger partial charge on any atom is 0.156 e. The Bertz CT molecular complexity index is 1750. The predicted molar refractivity (Wildman–Crippen MR) is 164 cm³/mol. The van der Waals surface area contributed by atoms with Gasteiger partial charge in [0.05, 0.1) is 11.4 Å². The zero-order valence-electron chi connectivity index (χ0n) is 22.7. The number of allylic oxidation sites excluding steroid dienone is 4. The van der Waals surface area contributed by atoms with E-state index in [0.717, 1.165) is 29.5 Å². The first kappa shape index (κ1) is 25.2. The third-order valence-corrected chi connectivity index (χ3v) is 7.59. The molecule has 40 heavy (non-hydrogen) atoms. The first-order chi connectivity index (χ1) is 19.7. The topological polar surface area (TPSA) is 49.6 Å². The SMILES string of the molecule is CC/C(=C\C=C(/C)c1cccc2c1Cc1ccccc1-2)c1nc(-c2ccccc2)c(C#N)c(-c2ccccc2)n1. The van der Waals surface area contributed by atoms with Crippen molar-refractivity contribution in [2.24, 2.45) is 0 Å². The number of aromatic nitrogens is 2. The number of rotatable bonds is 6. The van der Waals surface area contributed by atoms with Gasteiger partial charge in [-0.3, -0.25) is 0 Å². The molecule has 0 saturated heterocycles. The minimum Gasteiger partial charge on any atom is -0.227 e. The average molecular weight is 516 g/mol. The lowest BCUT2D eigenvalue weighted by Gasteiger charge is -2.13. The number of hydrogen-bond donors (Lipinski definition) is 0. The van der Waals surface area contributed by atoms with Gasteiger partial charge in [-0.2, -0.15) is 5.26 Å². The Morgan fingerprint density at radius 1 is 0.750 bits per heavy atom. The van der Waals surface area contributed by atoms with Crippen LogP contribution in [0.1, 0.15) is 48.3 Å². The molecule has 0 saturated carbocycles. The second-order valence-electron chi connectivity index (χ2n) is 10.0. The first-order valence-corrected chi connectivity index (χ1v) is 13.7. The molecule has 3 nitrogen and oxygen atoms in total. The fourth-order valence-corrected chi connectivity index (χ4v) is 5.51. The second kappa shape index (κ2) is 11.0. The summed E-state index contributed by atoms with van der Waals surface area (Å²) in [4.78, 5) is 9.95. The van der Waals surface area contributed by atoms with E-state index in [0.29, 0.717) is 22.8 Å². The molecule has 5 aromatic rings. The molecule has 192 valence electrons. The van der Waals surface area contributed by atoms with Crippen molar-refractivity contribution >= 4 is 11.1 Å². The van der Waals surface area contributed by atoms with Crippen molar-refractivity contribution in [1.82, 2.24) is 9.97 Å². The van der Waals surface area contributed by atoms with Gasteiger partial charge in [-0.15, -0.1) is 0 Å². The molecule has 4 aromatic carbocycles. The van der Waals surface area contributed by atoms with Crippen LogP contribution in [0.4, 0.5) is 0 Å². The highest BCUT2D eigenvalue weighted by molar-refractivity contribution is 5.84. The number of nitrogens with zero attached hydrogens (tertiary/aromatic N) is 3. The van der Waals surface area contributed by atoms with Gasteiger partial charge >= 0.3 is 0 Å². The van der Waals surface area contributed by atoms with Crippen LogP contribution in [0, 0.1) is 11.3 Å². The standard InChI is InChI=1S/C37H29N3/c1-3-26(22-21-25(2)30-19-12-20-32-31-18-11-10-17-29(31)23-33(30)32)37-39-35(27-13-6-4-7-14-27)34(24-38)36(40-37)28-15-8-5-9-16-28/h4-22H,3,23H2,1-2H3/b25-21+,26-22+. The Hall–Kier alpha value is -5.07. The molecule has 1 aliphatic carbocycles. The van der Waals surface area contributed by atoms with Crippen LogP contribution in [0.5, 0.6) is 0 Å². The fraction of sp³-hybridized carbons (Fsp3) is 0.108. The Kier molecular flexibility index (Phi) is 6.91. The van der Waals surface area contributed by atoms with Crippen LogP contribution in [0.2, 0.25) is 0 Å². The van der Waals surface area contributed by atoms with Crippen molar-refractivity contribution in [2.45, 2.75) is 26.7 Å². The van der Waals surface area contributed by atoms with Crippen LogP contribution in [0.25, 0.3) is 44.8 Å². The van der Waals surface area contributed by atoms with Crippen LogP contribution in [-0.4, -0.2) is 9.97 Å². The smallest absolute Gasteiger partial charge is 0.156 e. The molecular weight excluding hydrogens is 486 g/mol. The lowest BCUT2D eigenvalue weighted by molar-refractivity contribution is 1.07. The molecule has 0 atom stereocenters. The monoisotopic (exact) mass is 515 g/mol. The lowest BCUT2D eigenvalue weighted by Crippen LogP contribution is -2.03. The average Bonchev–Trinajstić information content (AvgIpc) is 3.40. The fourth-order valence-electron chi connectivity index (χ4n) is 5.51. The lowest BCUT2D eigenvalue weighted by atomic mass is 9.95. The minimum absolute atomic E-state index is 0.489. The molecule has 0 fully saturated rings. The zero-order chi connectivity index (χ0) is 27.5. The molecule has 3 heteroatoms. The molecule has 0 N–H and O–H groups in total. The Morgan fingerprint density at radius 2 is 1.35 bits per heavy atom. The third-order valence-electron chi connectivity index (χ3n) is 7.59. The van der Waals surface area contributed by atoms with Crippen LogP contribution >= 0.6 is 0 Å². The molecule has 0 radical (unpaired) electrons. The van der Waals surface area contributed by atoms with Gasteiger partial charge in [0, 0.05) is 11.1 Å². The van der Waals surface area contributed by atoms with Crippen molar-refractivity contribution < 1.29 is 0 Å². The molecular formula is C37H29N3. The van der Waals surface area contributed by atoms with E-state index in [1.807, 2.05) is 60.7 Å². The van der Waals surface area contributed by atoms with E-state index in [9.17, 15) is 5.26 Å². The highest BCUT2D eigenvalue weighted by atomic mass is 14.9. The quantitative estimate of drug-likeness (QED) is 0.208. The third kappa shape index (κ3) is 4.65. The summed E-state index contributed by atoms with van der Waals surface area (Å²) in [6.07, 6.45) is 6.04. The summed E-state index contributed by atoms with van der Waals surface area (Å²) in [6.45, 7) is 4.30. The van der Waals surface area contributed by atoms with Gasteiger partial charge in [0.25, 0.3) is 0 Å². The summed E-state index contributed by atoms with van der Waals surface area (Å²) in [7, 11) is 0. The highest BCUT2D eigenvalue weighted by Crippen LogP contribution is 2.40. The van der Waals surface area contributed by atoms with Gasteiger partial charge < -0.3 is 0 Å². The summed E-state index contributed by atoms with van der Waals surface area (Å²) in [5.74, 6) is 0.647. The van der Waals surface area contributed by atoms with E-state index < -0.39 is 0 Å². The summed E-state index contributed by atoms with van der Waals surface area (Å²) >= 11 is 0. The zero-order valence-corrected chi connectivity index (χ0v) is 22.7. The van der Waals surface area contributed by atoms with Gasteiger partial charge in [0.1, 0.15) is 11.6 Å². The molecule has 6 rings (SSSR count). The van der Waals surface area contributed by atoms with Gasteiger partial charge in [-0.1, -0.05) is 122 Å². The number of fused-ring (bicyclic) bond motifs is 3. The summed E-state index contributed by atoms with van der Waals surface area (Å²) in [5.41, 5.74) is 12.6. The maximum absolute atomic E-state index is 10.2.